The van der Waals surface area contributed by atoms with Gasteiger partial charge in [0.25, 0.3) is 0 Å². The molecule has 0 aromatic heterocycles. The Balaban J connectivity index is 2.21. The summed E-state index contributed by atoms with van der Waals surface area (Å²) in [6.07, 6.45) is 1.05. The minimum absolute atomic E-state index is 0.252. The summed E-state index contributed by atoms with van der Waals surface area (Å²) >= 11 is 0. The highest BCUT2D eigenvalue weighted by molar-refractivity contribution is 5.36. The van der Waals surface area contributed by atoms with Gasteiger partial charge < -0.3 is 5.32 Å². The summed E-state index contributed by atoms with van der Waals surface area (Å²) < 4.78 is 0. The first-order chi connectivity index (χ1) is 8.85. The maximum atomic E-state index is 9.39. The van der Waals surface area contributed by atoms with E-state index in [1.807, 2.05) is 18.2 Å². The maximum Gasteiger partial charge on any atom is 0.123 e. The summed E-state index contributed by atoms with van der Waals surface area (Å²) in [5, 5.41) is 21.6. The van der Waals surface area contributed by atoms with Gasteiger partial charge in [0.2, 0.25) is 0 Å². The largest absolute Gasteiger partial charge is 0.315 e. The summed E-state index contributed by atoms with van der Waals surface area (Å²) in [6.45, 7) is 3.71. The lowest BCUT2D eigenvalue weighted by Crippen LogP contribution is -2.31. The molecule has 0 amide bonds. The van der Waals surface area contributed by atoms with Gasteiger partial charge >= 0.3 is 0 Å². The molecule has 92 valence electrons. The molecule has 0 aliphatic carbocycles. The van der Waals surface area contributed by atoms with Gasteiger partial charge in [0.15, 0.2) is 0 Å². The number of rotatable bonds is 2. The Morgan fingerprint density at radius 1 is 1.22 bits per heavy atom. The van der Waals surface area contributed by atoms with Crippen LogP contribution in [0.5, 0.6) is 0 Å². The molecule has 1 saturated heterocycles. The van der Waals surface area contributed by atoms with E-state index in [1.54, 1.807) is 6.07 Å². The second-order valence-electron chi connectivity index (χ2n) is 4.41. The van der Waals surface area contributed by atoms with Crippen molar-refractivity contribution in [1.82, 2.24) is 10.2 Å². The Bertz CT molecular complexity index is 475. The van der Waals surface area contributed by atoms with Crippen LogP contribution in [0.1, 0.15) is 23.6 Å². The van der Waals surface area contributed by atoms with Crippen molar-refractivity contribution in [2.24, 2.45) is 0 Å². The molecule has 1 aliphatic rings. The van der Waals surface area contributed by atoms with E-state index in [9.17, 15) is 5.26 Å². The maximum absolute atomic E-state index is 9.39. The third-order valence-corrected chi connectivity index (χ3v) is 3.19. The van der Waals surface area contributed by atoms with Crippen LogP contribution >= 0.6 is 0 Å². The Morgan fingerprint density at radius 3 is 2.89 bits per heavy atom. The van der Waals surface area contributed by atoms with Gasteiger partial charge in [-0.2, -0.15) is 10.5 Å². The fraction of sp³-hybridized carbons (Fsp3) is 0.429. The first-order valence-electron chi connectivity index (χ1n) is 6.19. The zero-order chi connectivity index (χ0) is 12.8. The van der Waals surface area contributed by atoms with Crippen LogP contribution in [-0.4, -0.2) is 31.1 Å². The van der Waals surface area contributed by atoms with Gasteiger partial charge in [0.1, 0.15) is 6.04 Å². The number of nitrogens with one attached hydrogen (secondary N) is 1. The third-order valence-electron chi connectivity index (χ3n) is 3.19. The highest BCUT2D eigenvalue weighted by Crippen LogP contribution is 2.21. The van der Waals surface area contributed by atoms with Crippen molar-refractivity contribution in [1.29, 1.82) is 10.5 Å². The fourth-order valence-corrected chi connectivity index (χ4v) is 2.27. The second kappa shape index (κ2) is 6.16. The van der Waals surface area contributed by atoms with E-state index in [0.717, 1.165) is 38.2 Å². The molecular formula is C14H16N4. The van der Waals surface area contributed by atoms with E-state index in [2.05, 4.69) is 22.4 Å². The average Bonchev–Trinajstić information content (AvgIpc) is 2.69. The van der Waals surface area contributed by atoms with Crippen LogP contribution in [0, 0.1) is 22.7 Å². The van der Waals surface area contributed by atoms with Crippen LogP contribution in [0.15, 0.2) is 24.3 Å². The minimum atomic E-state index is -0.252. The summed E-state index contributed by atoms with van der Waals surface area (Å²) in [4.78, 5) is 2.18. The van der Waals surface area contributed by atoms with E-state index < -0.39 is 0 Å². The first kappa shape index (κ1) is 12.6. The zero-order valence-corrected chi connectivity index (χ0v) is 10.3. The molecule has 18 heavy (non-hydrogen) atoms. The molecule has 1 unspecified atom stereocenters. The van der Waals surface area contributed by atoms with Crippen molar-refractivity contribution in [3.05, 3.63) is 35.4 Å². The fourth-order valence-electron chi connectivity index (χ4n) is 2.27. The van der Waals surface area contributed by atoms with Crippen LogP contribution in [0.3, 0.4) is 0 Å². The highest BCUT2D eigenvalue weighted by Gasteiger charge is 2.21. The van der Waals surface area contributed by atoms with Gasteiger partial charge in [-0.3, -0.25) is 4.90 Å². The van der Waals surface area contributed by atoms with Gasteiger partial charge in [-0.05, 0) is 30.7 Å². The van der Waals surface area contributed by atoms with Crippen molar-refractivity contribution in [2.75, 3.05) is 26.2 Å². The number of hydrogen-bond acceptors (Lipinski definition) is 4. The molecule has 4 heteroatoms. The first-order valence-corrected chi connectivity index (χ1v) is 6.19. The van der Waals surface area contributed by atoms with E-state index in [0.29, 0.717) is 5.56 Å². The van der Waals surface area contributed by atoms with Crippen molar-refractivity contribution in [3.8, 4) is 12.1 Å². The Morgan fingerprint density at radius 2 is 2.11 bits per heavy atom. The van der Waals surface area contributed by atoms with Crippen LogP contribution in [-0.2, 0) is 0 Å². The van der Waals surface area contributed by atoms with Crippen molar-refractivity contribution in [3.63, 3.8) is 0 Å². The normalized spacial score (nSPS) is 18.3. The lowest BCUT2D eigenvalue weighted by atomic mass is 10.0. The molecule has 1 aromatic carbocycles. The third kappa shape index (κ3) is 2.87. The molecule has 4 nitrogen and oxygen atoms in total. The molecule has 0 spiro atoms. The monoisotopic (exact) mass is 240 g/mol. The summed E-state index contributed by atoms with van der Waals surface area (Å²) in [5.41, 5.74) is 1.53. The Hall–Kier alpha value is -1.88. The Kier molecular flexibility index (Phi) is 4.30. The van der Waals surface area contributed by atoms with Gasteiger partial charge in [0.05, 0.1) is 17.7 Å². The van der Waals surface area contributed by atoms with Crippen LogP contribution in [0.2, 0.25) is 0 Å². The predicted octanol–water partition coefficient (Wildman–Crippen LogP) is 1.42. The highest BCUT2D eigenvalue weighted by atomic mass is 15.2. The lowest BCUT2D eigenvalue weighted by molar-refractivity contribution is 0.252. The SMILES string of the molecule is N#Cc1cccc(C(C#N)N2CCCNCC2)c1. The molecular weight excluding hydrogens is 224 g/mol. The van der Waals surface area contributed by atoms with Gasteiger partial charge in [-0.1, -0.05) is 12.1 Å². The summed E-state index contributed by atoms with van der Waals surface area (Å²) in [5.74, 6) is 0. The molecule has 2 rings (SSSR count). The molecule has 1 atom stereocenters. The molecule has 0 bridgehead atoms. The van der Waals surface area contributed by atoms with Crippen molar-refractivity contribution >= 4 is 0 Å². The average molecular weight is 240 g/mol. The van der Waals surface area contributed by atoms with E-state index in [-0.39, 0.29) is 6.04 Å². The van der Waals surface area contributed by atoms with Crippen molar-refractivity contribution in [2.45, 2.75) is 12.5 Å². The molecule has 1 N–H and O–H groups in total. The van der Waals surface area contributed by atoms with Crippen LogP contribution in [0.4, 0.5) is 0 Å². The van der Waals surface area contributed by atoms with Gasteiger partial charge in [-0.25, -0.2) is 0 Å². The number of nitrogens with zero attached hydrogens (tertiary/aromatic N) is 3. The molecule has 0 saturated carbocycles. The van der Waals surface area contributed by atoms with Gasteiger partial charge in [0, 0.05) is 19.6 Å². The summed E-state index contributed by atoms with van der Waals surface area (Å²) in [6, 6.07) is 11.6. The van der Waals surface area contributed by atoms with E-state index >= 15 is 0 Å². The number of hydrogen-bond donors (Lipinski definition) is 1. The molecule has 1 fully saturated rings. The molecule has 1 aromatic rings. The smallest absolute Gasteiger partial charge is 0.123 e. The quantitative estimate of drug-likeness (QED) is 0.849. The number of nitriles is 2. The molecule has 0 radical (unpaired) electrons. The topological polar surface area (TPSA) is 62.9 Å². The molecule has 1 heterocycles. The van der Waals surface area contributed by atoms with Crippen LogP contribution < -0.4 is 5.32 Å². The Labute approximate surface area is 107 Å². The van der Waals surface area contributed by atoms with Gasteiger partial charge in [-0.15, -0.1) is 0 Å². The zero-order valence-electron chi connectivity index (χ0n) is 10.3. The van der Waals surface area contributed by atoms with E-state index in [4.69, 9.17) is 5.26 Å². The second-order valence-corrected chi connectivity index (χ2v) is 4.41. The standard InChI is InChI=1S/C14H16N4/c15-10-12-3-1-4-13(9-12)14(11-16)18-7-2-5-17-6-8-18/h1,3-4,9,14,17H,2,5-8H2. The van der Waals surface area contributed by atoms with Crippen molar-refractivity contribution < 1.29 is 0 Å². The van der Waals surface area contributed by atoms with Crippen LogP contribution in [0.25, 0.3) is 0 Å². The minimum Gasteiger partial charge on any atom is -0.315 e. The predicted molar refractivity (Wildman–Crippen MR) is 68.6 cm³/mol. The molecule has 1 aliphatic heterocycles. The summed E-state index contributed by atoms with van der Waals surface area (Å²) in [7, 11) is 0. The lowest BCUT2D eigenvalue weighted by Gasteiger charge is -2.25. The van der Waals surface area contributed by atoms with E-state index in [1.165, 1.54) is 0 Å². The number of benzene rings is 1.